The second kappa shape index (κ2) is 5.19. The van der Waals surface area contributed by atoms with E-state index in [4.69, 9.17) is 16.2 Å². The van der Waals surface area contributed by atoms with Crippen LogP contribution >= 0.6 is 0 Å². The number of amides is 1. The molecule has 1 rings (SSSR count). The number of carbonyl (C=O) groups excluding carboxylic acids is 1. The number of rotatable bonds is 5. The first kappa shape index (κ1) is 13.5. The number of hydrogen-bond acceptors (Lipinski definition) is 3. The minimum atomic E-state index is -0.425. The summed E-state index contributed by atoms with van der Waals surface area (Å²) >= 11 is 0. The average molecular weight is 236 g/mol. The molecule has 0 heterocycles. The van der Waals surface area contributed by atoms with E-state index in [0.29, 0.717) is 17.9 Å². The van der Waals surface area contributed by atoms with Crippen molar-refractivity contribution in [3.05, 3.63) is 29.3 Å². The Hall–Kier alpha value is -1.55. The van der Waals surface area contributed by atoms with Crippen molar-refractivity contribution in [2.45, 2.75) is 32.7 Å². The zero-order chi connectivity index (χ0) is 13.1. The van der Waals surface area contributed by atoms with E-state index in [1.54, 1.807) is 18.2 Å². The monoisotopic (exact) mass is 236 g/mol. The number of hydrogen-bond donors (Lipinski definition) is 2. The molecule has 4 heteroatoms. The van der Waals surface area contributed by atoms with Crippen LogP contribution < -0.4 is 16.2 Å². The molecule has 0 aliphatic carbocycles. The Balaban J connectivity index is 2.75. The molecule has 4 N–H and O–H groups in total. The van der Waals surface area contributed by atoms with Crippen LogP contribution in [0.15, 0.2) is 18.2 Å². The van der Waals surface area contributed by atoms with Crippen molar-refractivity contribution in [3.8, 4) is 5.75 Å². The van der Waals surface area contributed by atoms with Crippen LogP contribution in [0, 0.1) is 6.92 Å². The van der Waals surface area contributed by atoms with Gasteiger partial charge >= 0.3 is 0 Å². The summed E-state index contributed by atoms with van der Waals surface area (Å²) in [6, 6.07) is 5.21. The summed E-state index contributed by atoms with van der Waals surface area (Å²) in [6.07, 6.45) is 0.839. The quantitative estimate of drug-likeness (QED) is 0.815. The lowest BCUT2D eigenvalue weighted by atomic mass is 10.0. The Morgan fingerprint density at radius 1 is 1.47 bits per heavy atom. The largest absolute Gasteiger partial charge is 0.492 e. The van der Waals surface area contributed by atoms with Gasteiger partial charge in [-0.25, -0.2) is 0 Å². The van der Waals surface area contributed by atoms with E-state index in [9.17, 15) is 4.79 Å². The Labute approximate surface area is 102 Å². The number of carbonyl (C=O) groups is 1. The zero-order valence-electron chi connectivity index (χ0n) is 10.6. The first-order valence-electron chi connectivity index (χ1n) is 5.68. The van der Waals surface area contributed by atoms with E-state index in [1.165, 1.54) is 0 Å². The Morgan fingerprint density at radius 2 is 2.12 bits per heavy atom. The number of aryl methyl sites for hydroxylation is 1. The van der Waals surface area contributed by atoms with Gasteiger partial charge in [0.15, 0.2) is 0 Å². The van der Waals surface area contributed by atoms with Gasteiger partial charge < -0.3 is 16.2 Å². The minimum Gasteiger partial charge on any atom is -0.492 e. The zero-order valence-corrected chi connectivity index (χ0v) is 10.6. The standard InChI is InChI=1S/C13H20N2O2/c1-4-13(3,15)8-17-10-5-6-11(12(14)16)9(2)7-10/h5-7H,4,8,15H2,1-3H3,(H2,14,16). The molecule has 1 aromatic carbocycles. The molecule has 0 aromatic heterocycles. The molecule has 4 nitrogen and oxygen atoms in total. The van der Waals surface area contributed by atoms with Crippen molar-refractivity contribution in [2.75, 3.05) is 6.61 Å². The van der Waals surface area contributed by atoms with Crippen LogP contribution in [0.25, 0.3) is 0 Å². The van der Waals surface area contributed by atoms with Crippen molar-refractivity contribution >= 4 is 5.91 Å². The van der Waals surface area contributed by atoms with Crippen LogP contribution in [-0.2, 0) is 0 Å². The van der Waals surface area contributed by atoms with E-state index in [1.807, 2.05) is 20.8 Å². The van der Waals surface area contributed by atoms with Gasteiger partial charge in [-0.05, 0) is 44.0 Å². The van der Waals surface area contributed by atoms with Crippen LogP contribution in [-0.4, -0.2) is 18.1 Å². The Bertz CT molecular complexity index is 414. The molecule has 0 spiro atoms. The molecular formula is C13H20N2O2. The number of primary amides is 1. The molecule has 0 fully saturated rings. The molecule has 1 aromatic rings. The molecule has 1 unspecified atom stereocenters. The van der Waals surface area contributed by atoms with E-state index < -0.39 is 5.91 Å². The van der Waals surface area contributed by atoms with Crippen LogP contribution in [0.4, 0.5) is 0 Å². The molecular weight excluding hydrogens is 216 g/mol. The second-order valence-electron chi connectivity index (χ2n) is 4.64. The maximum Gasteiger partial charge on any atom is 0.248 e. The summed E-state index contributed by atoms with van der Waals surface area (Å²) in [5.74, 6) is 0.281. The summed E-state index contributed by atoms with van der Waals surface area (Å²) in [4.78, 5) is 11.1. The van der Waals surface area contributed by atoms with Gasteiger partial charge in [-0.15, -0.1) is 0 Å². The summed E-state index contributed by atoms with van der Waals surface area (Å²) in [5, 5.41) is 0. The van der Waals surface area contributed by atoms with E-state index >= 15 is 0 Å². The van der Waals surface area contributed by atoms with Gasteiger partial charge in [0.1, 0.15) is 12.4 Å². The van der Waals surface area contributed by atoms with Gasteiger partial charge in [-0.1, -0.05) is 6.92 Å². The number of ether oxygens (including phenoxy) is 1. The highest BCUT2D eigenvalue weighted by Crippen LogP contribution is 2.18. The van der Waals surface area contributed by atoms with Gasteiger partial charge in [0.05, 0.1) is 0 Å². The molecule has 0 aliphatic heterocycles. The predicted molar refractivity (Wildman–Crippen MR) is 68.1 cm³/mol. The third-order valence-electron chi connectivity index (χ3n) is 2.84. The normalized spacial score (nSPS) is 14.1. The first-order valence-corrected chi connectivity index (χ1v) is 5.68. The highest BCUT2D eigenvalue weighted by molar-refractivity contribution is 5.94. The summed E-state index contributed by atoms with van der Waals surface area (Å²) in [6.45, 7) is 6.23. The molecule has 1 amide bonds. The maximum absolute atomic E-state index is 11.1. The minimum absolute atomic E-state index is 0.337. The molecule has 0 saturated carbocycles. The molecule has 0 radical (unpaired) electrons. The van der Waals surface area contributed by atoms with Crippen molar-refractivity contribution in [2.24, 2.45) is 11.5 Å². The first-order chi connectivity index (χ1) is 7.85. The molecule has 17 heavy (non-hydrogen) atoms. The molecule has 0 aliphatic rings. The Morgan fingerprint density at radius 3 is 2.59 bits per heavy atom. The lowest BCUT2D eigenvalue weighted by Crippen LogP contribution is -2.41. The number of nitrogens with two attached hydrogens (primary N) is 2. The summed E-state index contributed by atoms with van der Waals surface area (Å²) in [5.41, 5.74) is 12.2. The molecule has 0 saturated heterocycles. The van der Waals surface area contributed by atoms with Crippen molar-refractivity contribution in [1.82, 2.24) is 0 Å². The smallest absolute Gasteiger partial charge is 0.248 e. The second-order valence-corrected chi connectivity index (χ2v) is 4.64. The van der Waals surface area contributed by atoms with Crippen LogP contribution in [0.1, 0.15) is 36.2 Å². The fourth-order valence-corrected chi connectivity index (χ4v) is 1.35. The lowest BCUT2D eigenvalue weighted by Gasteiger charge is -2.23. The van der Waals surface area contributed by atoms with Crippen LogP contribution in [0.5, 0.6) is 5.75 Å². The fourth-order valence-electron chi connectivity index (χ4n) is 1.35. The van der Waals surface area contributed by atoms with Gasteiger partial charge in [-0.3, -0.25) is 4.79 Å². The van der Waals surface area contributed by atoms with Crippen LogP contribution in [0.3, 0.4) is 0 Å². The van der Waals surface area contributed by atoms with E-state index in [0.717, 1.165) is 12.0 Å². The Kier molecular flexibility index (Phi) is 4.12. The number of benzene rings is 1. The topological polar surface area (TPSA) is 78.3 Å². The SMILES string of the molecule is CCC(C)(N)COc1ccc(C(N)=O)c(C)c1. The van der Waals surface area contributed by atoms with E-state index in [2.05, 4.69) is 0 Å². The molecule has 1 atom stereocenters. The van der Waals surface area contributed by atoms with Crippen LogP contribution in [0.2, 0.25) is 0 Å². The third-order valence-corrected chi connectivity index (χ3v) is 2.84. The van der Waals surface area contributed by atoms with Gasteiger partial charge in [-0.2, -0.15) is 0 Å². The fraction of sp³-hybridized carbons (Fsp3) is 0.462. The van der Waals surface area contributed by atoms with Gasteiger partial charge in [0.25, 0.3) is 0 Å². The highest BCUT2D eigenvalue weighted by Gasteiger charge is 2.16. The van der Waals surface area contributed by atoms with Crippen molar-refractivity contribution in [3.63, 3.8) is 0 Å². The summed E-state index contributed by atoms with van der Waals surface area (Å²) < 4.78 is 5.60. The summed E-state index contributed by atoms with van der Waals surface area (Å²) in [7, 11) is 0. The van der Waals surface area contributed by atoms with Crippen molar-refractivity contribution < 1.29 is 9.53 Å². The maximum atomic E-state index is 11.1. The molecule has 0 bridgehead atoms. The van der Waals surface area contributed by atoms with E-state index in [-0.39, 0.29) is 5.54 Å². The average Bonchev–Trinajstić information content (AvgIpc) is 2.26. The predicted octanol–water partition coefficient (Wildman–Crippen LogP) is 1.60. The highest BCUT2D eigenvalue weighted by atomic mass is 16.5. The van der Waals surface area contributed by atoms with Crippen molar-refractivity contribution in [1.29, 1.82) is 0 Å². The van der Waals surface area contributed by atoms with Gasteiger partial charge in [0, 0.05) is 11.1 Å². The lowest BCUT2D eigenvalue weighted by molar-refractivity contribution is 0.0999. The van der Waals surface area contributed by atoms with Gasteiger partial charge in [0.2, 0.25) is 5.91 Å². The molecule has 94 valence electrons. The third kappa shape index (κ3) is 3.75.